The Hall–Kier alpha value is -1.00. The summed E-state index contributed by atoms with van der Waals surface area (Å²) in [5, 5.41) is 8.82. The Morgan fingerprint density at radius 1 is 1.56 bits per heavy atom. The van der Waals surface area contributed by atoms with Gasteiger partial charge in [-0.3, -0.25) is 4.79 Å². The molecule has 1 unspecified atom stereocenters. The molecule has 4 heteroatoms. The summed E-state index contributed by atoms with van der Waals surface area (Å²) in [4.78, 5) is 14.9. The minimum absolute atomic E-state index is 0.0176. The first-order valence-electron chi connectivity index (χ1n) is 5.31. The molecule has 1 aromatic rings. The molecule has 0 saturated carbocycles. The number of thioether (sulfide) groups is 1. The van der Waals surface area contributed by atoms with E-state index in [1.54, 1.807) is 23.7 Å². The van der Waals surface area contributed by atoms with Crippen molar-refractivity contribution in [1.82, 2.24) is 4.90 Å². The van der Waals surface area contributed by atoms with Gasteiger partial charge in [-0.05, 0) is 11.6 Å². The maximum absolute atomic E-state index is 12.1. The zero-order valence-corrected chi connectivity index (χ0v) is 10.0. The van der Waals surface area contributed by atoms with E-state index in [1.807, 2.05) is 18.2 Å². The summed E-state index contributed by atoms with van der Waals surface area (Å²) in [6.07, 6.45) is 0. The van der Waals surface area contributed by atoms with Crippen molar-refractivity contribution in [2.24, 2.45) is 0 Å². The number of rotatable bonds is 3. The highest BCUT2D eigenvalue weighted by Gasteiger charge is 2.30. The first-order valence-corrected chi connectivity index (χ1v) is 6.30. The second kappa shape index (κ2) is 4.89. The average molecular weight is 237 g/mol. The molecule has 0 aromatic heterocycles. The molecule has 1 aromatic carbocycles. The molecular weight excluding hydrogens is 222 g/mol. The fourth-order valence-corrected chi connectivity index (χ4v) is 3.11. The number of carbonyl (C=O) groups is 1. The number of nitrogens with zero attached hydrogens (tertiary/aromatic N) is 1. The van der Waals surface area contributed by atoms with Gasteiger partial charge < -0.3 is 10.0 Å². The van der Waals surface area contributed by atoms with Crippen LogP contribution in [0.5, 0.6) is 0 Å². The highest BCUT2D eigenvalue weighted by molar-refractivity contribution is 7.99. The Labute approximate surface area is 99.5 Å². The second-order valence-corrected chi connectivity index (χ2v) is 4.95. The average Bonchev–Trinajstić information content (AvgIpc) is 2.72. The van der Waals surface area contributed by atoms with Crippen LogP contribution in [0.3, 0.4) is 0 Å². The molecule has 1 atom stereocenters. The van der Waals surface area contributed by atoms with Crippen molar-refractivity contribution in [3.63, 3.8) is 0 Å². The summed E-state index contributed by atoms with van der Waals surface area (Å²) in [5.41, 5.74) is 1.13. The molecule has 0 saturated heterocycles. The third kappa shape index (κ3) is 2.08. The predicted molar refractivity (Wildman–Crippen MR) is 64.6 cm³/mol. The SMILES string of the molecule is CN(CCO)C(=O)C1CSc2ccccc21. The maximum atomic E-state index is 12.1. The Morgan fingerprint density at radius 2 is 2.31 bits per heavy atom. The van der Waals surface area contributed by atoms with Gasteiger partial charge in [-0.2, -0.15) is 0 Å². The van der Waals surface area contributed by atoms with E-state index in [4.69, 9.17) is 5.11 Å². The molecule has 2 rings (SSSR count). The van der Waals surface area contributed by atoms with Crippen LogP contribution < -0.4 is 0 Å². The highest BCUT2D eigenvalue weighted by atomic mass is 32.2. The summed E-state index contributed by atoms with van der Waals surface area (Å²) < 4.78 is 0. The topological polar surface area (TPSA) is 40.5 Å². The van der Waals surface area contributed by atoms with Gasteiger partial charge in [0.25, 0.3) is 0 Å². The lowest BCUT2D eigenvalue weighted by molar-refractivity contribution is -0.131. The molecule has 0 bridgehead atoms. The Balaban J connectivity index is 2.16. The largest absolute Gasteiger partial charge is 0.395 e. The Bertz CT molecular complexity index is 394. The minimum Gasteiger partial charge on any atom is -0.395 e. The van der Waals surface area contributed by atoms with Crippen LogP contribution >= 0.6 is 11.8 Å². The molecule has 16 heavy (non-hydrogen) atoms. The van der Waals surface area contributed by atoms with Gasteiger partial charge in [-0.1, -0.05) is 18.2 Å². The van der Waals surface area contributed by atoms with Crippen LogP contribution in [0.2, 0.25) is 0 Å². The molecule has 1 aliphatic heterocycles. The zero-order chi connectivity index (χ0) is 11.5. The second-order valence-electron chi connectivity index (χ2n) is 3.88. The van der Waals surface area contributed by atoms with Crippen LogP contribution in [0, 0.1) is 0 Å². The van der Waals surface area contributed by atoms with Gasteiger partial charge in [0.05, 0.1) is 12.5 Å². The van der Waals surface area contributed by atoms with E-state index in [-0.39, 0.29) is 18.4 Å². The van der Waals surface area contributed by atoms with E-state index in [1.165, 1.54) is 4.90 Å². The fourth-order valence-electron chi connectivity index (χ4n) is 1.89. The number of hydrogen-bond donors (Lipinski definition) is 1. The molecule has 86 valence electrons. The third-order valence-electron chi connectivity index (χ3n) is 2.81. The van der Waals surface area contributed by atoms with Crippen molar-refractivity contribution in [3.8, 4) is 0 Å². The molecule has 1 amide bonds. The molecule has 0 spiro atoms. The number of hydrogen-bond acceptors (Lipinski definition) is 3. The van der Waals surface area contributed by atoms with Gasteiger partial charge in [0.1, 0.15) is 0 Å². The molecule has 3 nitrogen and oxygen atoms in total. The number of aliphatic hydroxyl groups excluding tert-OH is 1. The van der Waals surface area contributed by atoms with Gasteiger partial charge in [0.2, 0.25) is 5.91 Å². The first kappa shape index (κ1) is 11.5. The lowest BCUT2D eigenvalue weighted by atomic mass is 10.00. The van der Waals surface area contributed by atoms with E-state index in [0.717, 1.165) is 11.3 Å². The monoisotopic (exact) mass is 237 g/mol. The van der Waals surface area contributed by atoms with Crippen molar-refractivity contribution in [2.75, 3.05) is 26.0 Å². The van der Waals surface area contributed by atoms with Crippen molar-refractivity contribution in [2.45, 2.75) is 10.8 Å². The van der Waals surface area contributed by atoms with Crippen LogP contribution in [0.4, 0.5) is 0 Å². The van der Waals surface area contributed by atoms with Gasteiger partial charge in [-0.25, -0.2) is 0 Å². The zero-order valence-electron chi connectivity index (χ0n) is 9.22. The molecule has 1 heterocycles. The smallest absolute Gasteiger partial charge is 0.230 e. The van der Waals surface area contributed by atoms with E-state index >= 15 is 0 Å². The quantitative estimate of drug-likeness (QED) is 0.862. The maximum Gasteiger partial charge on any atom is 0.230 e. The summed E-state index contributed by atoms with van der Waals surface area (Å²) in [6.45, 7) is 0.423. The third-order valence-corrected chi connectivity index (χ3v) is 3.99. The van der Waals surface area contributed by atoms with Crippen molar-refractivity contribution >= 4 is 17.7 Å². The number of benzene rings is 1. The molecule has 0 fully saturated rings. The Morgan fingerprint density at radius 3 is 3.06 bits per heavy atom. The lowest BCUT2D eigenvalue weighted by Gasteiger charge is -2.20. The highest BCUT2D eigenvalue weighted by Crippen LogP contribution is 2.39. The van der Waals surface area contributed by atoms with Gasteiger partial charge in [0.15, 0.2) is 0 Å². The summed E-state index contributed by atoms with van der Waals surface area (Å²) in [6, 6.07) is 8.04. The van der Waals surface area contributed by atoms with Gasteiger partial charge in [0, 0.05) is 24.2 Å². The van der Waals surface area contributed by atoms with E-state index in [0.29, 0.717) is 6.54 Å². The first-order chi connectivity index (χ1) is 7.74. The van der Waals surface area contributed by atoms with Crippen molar-refractivity contribution in [3.05, 3.63) is 29.8 Å². The number of likely N-dealkylation sites (N-methyl/N-ethyl adjacent to an activating group) is 1. The van der Waals surface area contributed by atoms with Crippen LogP contribution in [-0.4, -0.2) is 41.9 Å². The molecule has 0 radical (unpaired) electrons. The summed E-state index contributed by atoms with van der Waals surface area (Å²) in [5.74, 6) is 0.873. The summed E-state index contributed by atoms with van der Waals surface area (Å²) in [7, 11) is 1.74. The van der Waals surface area contributed by atoms with E-state index in [9.17, 15) is 4.79 Å². The standard InChI is InChI=1S/C12H15NO2S/c1-13(6-7-14)12(15)10-8-16-11-5-3-2-4-9(10)11/h2-5,10,14H,6-8H2,1H3. The molecule has 0 aliphatic carbocycles. The number of aliphatic hydroxyl groups is 1. The van der Waals surface area contributed by atoms with Crippen LogP contribution in [0.1, 0.15) is 11.5 Å². The van der Waals surface area contributed by atoms with Crippen LogP contribution in [0.25, 0.3) is 0 Å². The number of amides is 1. The van der Waals surface area contributed by atoms with Gasteiger partial charge >= 0.3 is 0 Å². The molecule has 1 N–H and O–H groups in total. The van der Waals surface area contributed by atoms with E-state index < -0.39 is 0 Å². The fraction of sp³-hybridized carbons (Fsp3) is 0.417. The van der Waals surface area contributed by atoms with E-state index in [2.05, 4.69) is 6.07 Å². The van der Waals surface area contributed by atoms with Crippen LogP contribution in [0.15, 0.2) is 29.2 Å². The van der Waals surface area contributed by atoms with Crippen molar-refractivity contribution < 1.29 is 9.90 Å². The van der Waals surface area contributed by atoms with Crippen molar-refractivity contribution in [1.29, 1.82) is 0 Å². The number of carbonyl (C=O) groups excluding carboxylic acids is 1. The van der Waals surface area contributed by atoms with Gasteiger partial charge in [-0.15, -0.1) is 11.8 Å². The summed E-state index contributed by atoms with van der Waals surface area (Å²) >= 11 is 1.73. The molecular formula is C12H15NO2S. The predicted octanol–water partition coefficient (Wildman–Crippen LogP) is 1.33. The molecule has 1 aliphatic rings. The Kier molecular flexibility index (Phi) is 3.51. The normalized spacial score (nSPS) is 18.2. The number of fused-ring (bicyclic) bond motifs is 1. The van der Waals surface area contributed by atoms with Crippen LogP contribution in [-0.2, 0) is 4.79 Å². The minimum atomic E-state index is -0.0438. The lowest BCUT2D eigenvalue weighted by Crippen LogP contribution is -2.33.